The highest BCUT2D eigenvalue weighted by Gasteiger charge is 2.49. The van der Waals surface area contributed by atoms with Gasteiger partial charge in [-0.3, -0.25) is 0 Å². The van der Waals surface area contributed by atoms with Crippen LogP contribution in [0.2, 0.25) is 5.04 Å². The molecule has 1 atom stereocenters. The molecule has 2 aromatic carbocycles. The van der Waals surface area contributed by atoms with E-state index in [4.69, 9.17) is 4.43 Å². The van der Waals surface area contributed by atoms with Gasteiger partial charge in [0.25, 0.3) is 8.32 Å². The first kappa shape index (κ1) is 21.2. The SMILES string of the molecule is C=C(C)C#CC(O)CCO[Si](c1ccccc1)(c1ccccc1)C(C)(C)C. The van der Waals surface area contributed by atoms with Crippen molar-refractivity contribution < 1.29 is 9.53 Å². The Hall–Kier alpha value is -2.12. The Morgan fingerprint density at radius 2 is 1.52 bits per heavy atom. The molecule has 0 aromatic heterocycles. The molecule has 0 saturated carbocycles. The number of aliphatic hydroxyl groups excluding tert-OH is 1. The standard InChI is InChI=1S/C24H30O2Si/c1-20(2)16-17-21(25)18-19-26-27(24(3,4)5,22-12-8-6-9-13-22)23-14-10-7-11-15-23/h6-15,21,25H,1,18-19H2,2-5H3. The van der Waals surface area contributed by atoms with Gasteiger partial charge in [0.1, 0.15) is 6.10 Å². The van der Waals surface area contributed by atoms with E-state index in [2.05, 4.69) is 87.7 Å². The molecule has 0 saturated heterocycles. The van der Waals surface area contributed by atoms with E-state index in [9.17, 15) is 5.11 Å². The first-order valence-corrected chi connectivity index (χ1v) is 11.3. The number of allylic oxidation sites excluding steroid dienone is 1. The Morgan fingerprint density at radius 3 is 1.93 bits per heavy atom. The van der Waals surface area contributed by atoms with Crippen LogP contribution in [-0.4, -0.2) is 26.1 Å². The summed E-state index contributed by atoms with van der Waals surface area (Å²) in [6.45, 7) is 12.8. The second-order valence-corrected chi connectivity index (χ2v) is 12.2. The van der Waals surface area contributed by atoms with Gasteiger partial charge in [-0.2, -0.15) is 0 Å². The van der Waals surface area contributed by atoms with Gasteiger partial charge in [-0.15, -0.1) is 0 Å². The molecular weight excluding hydrogens is 348 g/mol. The van der Waals surface area contributed by atoms with E-state index in [-0.39, 0.29) is 5.04 Å². The van der Waals surface area contributed by atoms with E-state index in [0.717, 1.165) is 5.57 Å². The first-order valence-electron chi connectivity index (χ1n) is 9.37. The van der Waals surface area contributed by atoms with Crippen LogP contribution in [0, 0.1) is 11.8 Å². The van der Waals surface area contributed by atoms with Crippen molar-refractivity contribution >= 4 is 18.7 Å². The summed E-state index contributed by atoms with van der Waals surface area (Å²) in [5, 5.41) is 12.6. The smallest absolute Gasteiger partial charge is 0.261 e. The van der Waals surface area contributed by atoms with Crippen molar-refractivity contribution in [2.45, 2.75) is 45.3 Å². The number of rotatable bonds is 6. The molecule has 3 heteroatoms. The van der Waals surface area contributed by atoms with Crippen molar-refractivity contribution in [1.82, 2.24) is 0 Å². The zero-order valence-corrected chi connectivity index (χ0v) is 17.8. The van der Waals surface area contributed by atoms with Gasteiger partial charge in [0, 0.05) is 13.0 Å². The summed E-state index contributed by atoms with van der Waals surface area (Å²) in [7, 11) is -2.54. The third kappa shape index (κ3) is 5.20. The predicted molar refractivity (Wildman–Crippen MR) is 117 cm³/mol. The van der Waals surface area contributed by atoms with E-state index >= 15 is 0 Å². The van der Waals surface area contributed by atoms with Gasteiger partial charge < -0.3 is 9.53 Å². The monoisotopic (exact) mass is 378 g/mol. The highest BCUT2D eigenvalue weighted by Crippen LogP contribution is 2.36. The molecule has 27 heavy (non-hydrogen) atoms. The highest BCUT2D eigenvalue weighted by atomic mass is 28.4. The molecule has 2 aromatic rings. The van der Waals surface area contributed by atoms with Crippen LogP contribution in [0.5, 0.6) is 0 Å². The minimum atomic E-state index is -2.54. The van der Waals surface area contributed by atoms with Crippen LogP contribution in [0.3, 0.4) is 0 Å². The maximum atomic E-state index is 10.2. The van der Waals surface area contributed by atoms with Crippen molar-refractivity contribution in [2.75, 3.05) is 6.61 Å². The number of hydrogen-bond donors (Lipinski definition) is 1. The van der Waals surface area contributed by atoms with Gasteiger partial charge in [0.2, 0.25) is 0 Å². The molecule has 142 valence electrons. The molecule has 0 spiro atoms. The lowest BCUT2D eigenvalue weighted by Crippen LogP contribution is -2.66. The third-order valence-electron chi connectivity index (χ3n) is 4.58. The minimum Gasteiger partial charge on any atom is -0.407 e. The quantitative estimate of drug-likeness (QED) is 0.610. The van der Waals surface area contributed by atoms with Crippen LogP contribution in [-0.2, 0) is 4.43 Å². The summed E-state index contributed by atoms with van der Waals surface area (Å²) >= 11 is 0. The Morgan fingerprint density at radius 1 is 1.04 bits per heavy atom. The summed E-state index contributed by atoms with van der Waals surface area (Å²) in [5.41, 5.74) is 0.752. The van der Waals surface area contributed by atoms with Gasteiger partial charge in [0.15, 0.2) is 0 Å². The normalized spacial score (nSPS) is 12.8. The van der Waals surface area contributed by atoms with Crippen LogP contribution in [0.1, 0.15) is 34.1 Å². The van der Waals surface area contributed by atoms with E-state index in [1.54, 1.807) is 0 Å². The molecule has 0 aliphatic rings. The molecule has 1 unspecified atom stereocenters. The lowest BCUT2D eigenvalue weighted by atomic mass is 10.2. The van der Waals surface area contributed by atoms with Gasteiger partial charge in [-0.1, -0.05) is 99.9 Å². The van der Waals surface area contributed by atoms with E-state index < -0.39 is 14.4 Å². The second-order valence-electron chi connectivity index (χ2n) is 7.87. The summed E-state index contributed by atoms with van der Waals surface area (Å²) in [4.78, 5) is 0. The fraction of sp³-hybridized carbons (Fsp3) is 0.333. The zero-order chi connectivity index (χ0) is 19.9. The molecule has 2 nitrogen and oxygen atoms in total. The first-order chi connectivity index (χ1) is 12.8. The fourth-order valence-corrected chi connectivity index (χ4v) is 7.94. The summed E-state index contributed by atoms with van der Waals surface area (Å²) in [5.74, 6) is 5.68. The van der Waals surface area contributed by atoms with E-state index in [1.807, 2.05) is 19.1 Å². The van der Waals surface area contributed by atoms with Gasteiger partial charge in [-0.25, -0.2) is 0 Å². The predicted octanol–water partition coefficient (Wildman–Crippen LogP) is 3.89. The summed E-state index contributed by atoms with van der Waals surface area (Å²) in [6, 6.07) is 21.0. The van der Waals surface area contributed by atoms with E-state index in [1.165, 1.54) is 10.4 Å². The molecule has 0 heterocycles. The minimum absolute atomic E-state index is 0.0654. The number of aliphatic hydroxyl groups is 1. The van der Waals surface area contributed by atoms with Crippen molar-refractivity contribution in [3.8, 4) is 11.8 Å². The van der Waals surface area contributed by atoms with E-state index in [0.29, 0.717) is 13.0 Å². The molecule has 0 aliphatic heterocycles. The molecule has 0 amide bonds. The van der Waals surface area contributed by atoms with Crippen LogP contribution in [0.15, 0.2) is 72.8 Å². The molecule has 0 aliphatic carbocycles. The number of hydrogen-bond acceptors (Lipinski definition) is 2. The van der Waals surface area contributed by atoms with Crippen molar-refractivity contribution in [2.24, 2.45) is 0 Å². The third-order valence-corrected chi connectivity index (χ3v) is 9.62. The largest absolute Gasteiger partial charge is 0.407 e. The van der Waals surface area contributed by atoms with Gasteiger partial charge in [-0.05, 0) is 27.9 Å². The molecule has 0 bridgehead atoms. The lowest BCUT2D eigenvalue weighted by Gasteiger charge is -2.43. The second kappa shape index (κ2) is 9.19. The Kier molecular flexibility index (Phi) is 7.21. The van der Waals surface area contributed by atoms with Crippen LogP contribution < -0.4 is 10.4 Å². The van der Waals surface area contributed by atoms with Crippen LogP contribution in [0.25, 0.3) is 0 Å². The maximum Gasteiger partial charge on any atom is 0.261 e. The topological polar surface area (TPSA) is 29.5 Å². The number of benzene rings is 2. The summed E-state index contributed by atoms with van der Waals surface area (Å²) < 4.78 is 6.73. The molecule has 1 N–H and O–H groups in total. The fourth-order valence-electron chi connectivity index (χ4n) is 3.36. The average molecular weight is 379 g/mol. The molecular formula is C24H30O2Si. The van der Waals surface area contributed by atoms with Crippen LogP contribution in [0.4, 0.5) is 0 Å². The average Bonchev–Trinajstić information content (AvgIpc) is 2.64. The van der Waals surface area contributed by atoms with Gasteiger partial charge in [0.05, 0.1) is 0 Å². The molecule has 0 fully saturated rings. The van der Waals surface area contributed by atoms with Gasteiger partial charge >= 0.3 is 0 Å². The Labute approximate surface area is 165 Å². The van der Waals surface area contributed by atoms with Crippen molar-refractivity contribution in [3.63, 3.8) is 0 Å². The Bertz CT molecular complexity index is 756. The Balaban J connectivity index is 2.39. The van der Waals surface area contributed by atoms with Crippen molar-refractivity contribution in [1.29, 1.82) is 0 Å². The molecule has 2 rings (SSSR count). The molecule has 0 radical (unpaired) electrons. The van der Waals surface area contributed by atoms with Crippen molar-refractivity contribution in [3.05, 3.63) is 72.8 Å². The summed E-state index contributed by atoms with van der Waals surface area (Å²) in [6.07, 6.45) is -0.231. The lowest BCUT2D eigenvalue weighted by molar-refractivity contribution is 0.181. The zero-order valence-electron chi connectivity index (χ0n) is 16.8. The maximum absolute atomic E-state index is 10.2. The van der Waals surface area contributed by atoms with Crippen LogP contribution >= 0.6 is 0 Å². The highest BCUT2D eigenvalue weighted by molar-refractivity contribution is 6.99.